The number of amides is 1. The van der Waals surface area contributed by atoms with Gasteiger partial charge in [-0.1, -0.05) is 11.6 Å². The molecule has 0 unspecified atom stereocenters. The molecule has 0 bridgehead atoms. The predicted molar refractivity (Wildman–Crippen MR) is 125 cm³/mol. The van der Waals surface area contributed by atoms with Crippen LogP contribution >= 0.6 is 11.6 Å². The van der Waals surface area contributed by atoms with Crippen molar-refractivity contribution >= 4 is 29.0 Å². The van der Waals surface area contributed by atoms with Crippen molar-refractivity contribution in [3.8, 4) is 17.2 Å². The molecule has 2 aromatic carbocycles. The first-order valence-corrected chi connectivity index (χ1v) is 10.3. The van der Waals surface area contributed by atoms with Crippen molar-refractivity contribution in [1.82, 2.24) is 14.5 Å². The molecule has 0 aliphatic carbocycles. The molecule has 0 spiro atoms. The fourth-order valence-electron chi connectivity index (χ4n) is 3.23. The summed E-state index contributed by atoms with van der Waals surface area (Å²) < 4.78 is 34.0. The van der Waals surface area contributed by atoms with Crippen molar-refractivity contribution in [2.24, 2.45) is 0 Å². The summed E-state index contributed by atoms with van der Waals surface area (Å²) in [4.78, 5) is 44.4. The average molecular weight is 500 g/mol. The largest absolute Gasteiger partial charge is 0.453 e. The third kappa shape index (κ3) is 4.75. The monoisotopic (exact) mass is 499 g/mol. The number of aromatic amines is 1. The molecular weight excluding hydrogens is 484 g/mol. The minimum Gasteiger partial charge on any atom is -0.453 e. The maximum atomic E-state index is 14.6. The van der Waals surface area contributed by atoms with Crippen LogP contribution in [0.15, 0.2) is 64.3 Å². The van der Waals surface area contributed by atoms with Crippen molar-refractivity contribution in [3.63, 3.8) is 0 Å². The normalized spacial score (nSPS) is 10.7. The molecule has 4 aromatic rings. The molecule has 0 aliphatic rings. The summed E-state index contributed by atoms with van der Waals surface area (Å²) in [6.07, 6.45) is 1.34. The van der Waals surface area contributed by atoms with Crippen molar-refractivity contribution in [1.29, 1.82) is 0 Å². The maximum absolute atomic E-state index is 14.6. The summed E-state index contributed by atoms with van der Waals surface area (Å²) in [6, 6.07) is 9.55. The molecule has 4 N–H and O–H groups in total. The minimum absolute atomic E-state index is 0.00112. The summed E-state index contributed by atoms with van der Waals surface area (Å²) in [7, 11) is 0. The highest BCUT2D eigenvalue weighted by molar-refractivity contribution is 6.34. The average Bonchev–Trinajstić information content (AvgIpc) is 2.79. The van der Waals surface area contributed by atoms with Gasteiger partial charge in [0.05, 0.1) is 5.69 Å². The number of nitrogens with one attached hydrogen (secondary N) is 2. The number of halogens is 3. The van der Waals surface area contributed by atoms with Gasteiger partial charge in [-0.15, -0.1) is 0 Å². The summed E-state index contributed by atoms with van der Waals surface area (Å²) in [6.45, 7) is 1.37. The topological polar surface area (TPSA) is 132 Å². The lowest BCUT2D eigenvalue weighted by atomic mass is 10.2. The van der Waals surface area contributed by atoms with Crippen LogP contribution in [0.2, 0.25) is 5.02 Å². The lowest BCUT2D eigenvalue weighted by Gasteiger charge is -2.12. The number of nitrogen functional groups attached to an aromatic ring is 1. The van der Waals surface area contributed by atoms with Crippen LogP contribution < -0.4 is 27.0 Å². The molecule has 0 saturated heterocycles. The number of aryl methyl sites for hydroxylation is 1. The highest BCUT2D eigenvalue weighted by Gasteiger charge is 2.20. The Bertz CT molecular complexity index is 1570. The number of anilines is 2. The lowest BCUT2D eigenvalue weighted by molar-refractivity contribution is 0.102. The van der Waals surface area contributed by atoms with E-state index in [2.05, 4.69) is 15.3 Å². The zero-order valence-electron chi connectivity index (χ0n) is 17.9. The van der Waals surface area contributed by atoms with Crippen LogP contribution in [-0.2, 0) is 0 Å². The molecule has 0 aliphatic heterocycles. The number of benzene rings is 2. The highest BCUT2D eigenvalue weighted by Crippen LogP contribution is 2.33. The van der Waals surface area contributed by atoms with E-state index in [4.69, 9.17) is 22.1 Å². The third-order valence-corrected chi connectivity index (χ3v) is 5.27. The predicted octanol–water partition coefficient (Wildman–Crippen LogP) is 3.79. The first-order chi connectivity index (χ1) is 16.7. The molecule has 9 nitrogen and oxygen atoms in total. The number of carbonyl (C=O) groups is 1. The number of pyridine rings is 1. The minimum atomic E-state index is -0.930. The number of H-pyrrole nitrogens is 1. The second-order valence-electron chi connectivity index (χ2n) is 7.26. The summed E-state index contributed by atoms with van der Waals surface area (Å²) >= 11 is 6.00. The van der Waals surface area contributed by atoms with Crippen LogP contribution in [-0.4, -0.2) is 20.4 Å². The summed E-state index contributed by atoms with van der Waals surface area (Å²) in [5.74, 6) is -2.40. The number of nitrogens with two attached hydrogens (primary N) is 1. The van der Waals surface area contributed by atoms with Crippen LogP contribution in [0.5, 0.6) is 11.5 Å². The highest BCUT2D eigenvalue weighted by atomic mass is 35.5. The van der Waals surface area contributed by atoms with E-state index in [-0.39, 0.29) is 45.0 Å². The lowest BCUT2D eigenvalue weighted by Crippen LogP contribution is -2.39. The SMILES string of the molecule is Cc1[nH]c(=O)n(-c2ccc(F)cc2)c(=O)c1C(=O)Nc1ccc(Oc2ccnc(N)c2Cl)c(F)c1. The Hall–Kier alpha value is -4.51. The third-order valence-electron chi connectivity index (χ3n) is 4.89. The summed E-state index contributed by atoms with van der Waals surface area (Å²) in [5, 5.41) is 2.42. The van der Waals surface area contributed by atoms with Gasteiger partial charge >= 0.3 is 5.69 Å². The smallest absolute Gasteiger partial charge is 0.333 e. The Morgan fingerprint density at radius 2 is 1.83 bits per heavy atom. The van der Waals surface area contributed by atoms with Gasteiger partial charge in [0.1, 0.15) is 22.2 Å². The van der Waals surface area contributed by atoms with E-state index in [1.165, 1.54) is 43.5 Å². The van der Waals surface area contributed by atoms with Crippen molar-refractivity contribution in [2.45, 2.75) is 6.92 Å². The van der Waals surface area contributed by atoms with Crippen molar-refractivity contribution in [2.75, 3.05) is 11.1 Å². The number of hydrogen-bond acceptors (Lipinski definition) is 6. The first kappa shape index (κ1) is 23.6. The zero-order chi connectivity index (χ0) is 25.3. The molecule has 2 aromatic heterocycles. The Labute approximate surface area is 200 Å². The van der Waals surface area contributed by atoms with Gasteiger partial charge in [-0.2, -0.15) is 0 Å². The first-order valence-electron chi connectivity index (χ1n) is 9.96. The fourth-order valence-corrected chi connectivity index (χ4v) is 3.38. The molecule has 4 rings (SSSR count). The van der Waals surface area contributed by atoms with Gasteiger partial charge < -0.3 is 20.8 Å². The Morgan fingerprint density at radius 3 is 2.51 bits per heavy atom. The van der Waals surface area contributed by atoms with E-state index in [1.54, 1.807) is 0 Å². The quantitative estimate of drug-likeness (QED) is 0.383. The van der Waals surface area contributed by atoms with Gasteiger partial charge in [0, 0.05) is 29.7 Å². The van der Waals surface area contributed by atoms with E-state index in [1.807, 2.05) is 0 Å². The van der Waals surface area contributed by atoms with Crippen LogP contribution in [0.25, 0.3) is 5.69 Å². The maximum Gasteiger partial charge on any atom is 0.333 e. The Balaban J connectivity index is 1.63. The fraction of sp³-hybridized carbons (Fsp3) is 0.0435. The van der Waals surface area contributed by atoms with Crippen LogP contribution in [0, 0.1) is 18.6 Å². The van der Waals surface area contributed by atoms with E-state index in [9.17, 15) is 23.2 Å². The molecule has 1 amide bonds. The van der Waals surface area contributed by atoms with E-state index in [0.717, 1.165) is 18.2 Å². The molecular formula is C23H16ClF2N5O4. The van der Waals surface area contributed by atoms with Gasteiger partial charge in [0.25, 0.3) is 11.5 Å². The second-order valence-corrected chi connectivity index (χ2v) is 7.63. The number of nitrogens with zero attached hydrogens (tertiary/aromatic N) is 2. The van der Waals surface area contributed by atoms with Crippen molar-refractivity contribution in [3.05, 3.63) is 103 Å². The Kier molecular flexibility index (Phi) is 6.34. The number of carbonyl (C=O) groups excluding carboxylic acids is 1. The van der Waals surface area contributed by atoms with Crippen LogP contribution in [0.3, 0.4) is 0 Å². The van der Waals surface area contributed by atoms with Gasteiger partial charge in [0.2, 0.25) is 0 Å². The molecule has 0 fully saturated rings. The van der Waals surface area contributed by atoms with Crippen molar-refractivity contribution < 1.29 is 18.3 Å². The number of hydrogen-bond donors (Lipinski definition) is 3. The molecule has 12 heteroatoms. The standard InChI is InChI=1S/C23H16ClF2N5O4/c1-11-18(22(33)31(23(34)29-11)14-5-2-12(25)3-6-14)21(32)30-13-4-7-16(15(26)10-13)35-17-8-9-28-20(27)19(17)24/h2-10H,1H3,(H2,27,28)(H,29,34)(H,30,32). The van der Waals surface area contributed by atoms with Crippen LogP contribution in [0.4, 0.5) is 20.3 Å². The number of aromatic nitrogens is 3. The Morgan fingerprint density at radius 1 is 1.11 bits per heavy atom. The number of rotatable bonds is 5. The van der Waals surface area contributed by atoms with Gasteiger partial charge in [-0.3, -0.25) is 9.59 Å². The van der Waals surface area contributed by atoms with Gasteiger partial charge in [0.15, 0.2) is 17.3 Å². The van der Waals surface area contributed by atoms with E-state index in [0.29, 0.717) is 4.57 Å². The molecule has 178 valence electrons. The van der Waals surface area contributed by atoms with E-state index >= 15 is 0 Å². The van der Waals surface area contributed by atoms with E-state index < -0.39 is 28.8 Å². The molecule has 2 heterocycles. The molecule has 35 heavy (non-hydrogen) atoms. The van der Waals surface area contributed by atoms with Gasteiger partial charge in [-0.05, 0) is 43.3 Å². The molecule has 0 saturated carbocycles. The number of ether oxygens (including phenoxy) is 1. The van der Waals surface area contributed by atoms with Gasteiger partial charge in [-0.25, -0.2) is 23.1 Å². The molecule has 0 radical (unpaired) electrons. The van der Waals surface area contributed by atoms with Crippen LogP contribution in [0.1, 0.15) is 16.1 Å². The second kappa shape index (κ2) is 9.39. The zero-order valence-corrected chi connectivity index (χ0v) is 18.7. The molecule has 0 atom stereocenters. The summed E-state index contributed by atoms with van der Waals surface area (Å²) in [5.41, 5.74) is 3.56.